The molecular weight excluding hydrogens is 222 g/mol. The van der Waals surface area contributed by atoms with Gasteiger partial charge in [0.1, 0.15) is 5.75 Å². The average molecular weight is 237 g/mol. The third kappa shape index (κ3) is 4.12. The van der Waals surface area contributed by atoms with Crippen LogP contribution >= 0.6 is 0 Å². The van der Waals surface area contributed by atoms with Gasteiger partial charge in [-0.25, -0.2) is 4.79 Å². The fourth-order valence-corrected chi connectivity index (χ4v) is 1.25. The van der Waals surface area contributed by atoms with Crippen LogP contribution in [0.15, 0.2) is 24.3 Å². The van der Waals surface area contributed by atoms with E-state index in [1.165, 1.54) is 0 Å². The first-order valence-electron chi connectivity index (χ1n) is 5.11. The summed E-state index contributed by atoms with van der Waals surface area (Å²) in [6.07, 6.45) is 0. The zero-order valence-corrected chi connectivity index (χ0v) is 9.43. The molecule has 0 saturated carbocycles. The molecule has 0 aliphatic heterocycles. The van der Waals surface area contributed by atoms with Gasteiger partial charge in [0.2, 0.25) is 5.91 Å². The first-order chi connectivity index (χ1) is 8.00. The number of hydrogen-bond donors (Lipinski definition) is 4. The number of phenolic OH excluding ortho intramolecular Hbond substituents is 1. The van der Waals surface area contributed by atoms with Crippen LogP contribution < -0.4 is 16.4 Å². The molecule has 0 fully saturated rings. The molecular formula is C11H15N3O3. The lowest BCUT2D eigenvalue weighted by Gasteiger charge is -2.13. The van der Waals surface area contributed by atoms with Crippen LogP contribution in [-0.4, -0.2) is 23.1 Å². The van der Waals surface area contributed by atoms with Crippen LogP contribution in [0.2, 0.25) is 0 Å². The van der Waals surface area contributed by atoms with Gasteiger partial charge in [-0.15, -0.1) is 0 Å². The molecule has 0 bridgehead atoms. The number of phenols is 1. The van der Waals surface area contributed by atoms with Gasteiger partial charge in [0.25, 0.3) is 0 Å². The number of nitrogens with one attached hydrogen (secondary N) is 2. The highest BCUT2D eigenvalue weighted by molar-refractivity contribution is 5.96. The minimum Gasteiger partial charge on any atom is -0.508 e. The lowest BCUT2D eigenvalue weighted by Crippen LogP contribution is -2.46. The van der Waals surface area contributed by atoms with Gasteiger partial charge in [-0.05, 0) is 13.0 Å². The Balaban J connectivity index is 2.48. The van der Waals surface area contributed by atoms with Crippen LogP contribution in [0.5, 0.6) is 5.75 Å². The number of primary amides is 1. The highest BCUT2D eigenvalue weighted by atomic mass is 16.3. The van der Waals surface area contributed by atoms with E-state index in [0.717, 1.165) is 0 Å². The van der Waals surface area contributed by atoms with Gasteiger partial charge in [0, 0.05) is 12.1 Å². The minimum atomic E-state index is -0.883. The van der Waals surface area contributed by atoms with E-state index in [1.807, 2.05) is 5.32 Å². The molecule has 0 radical (unpaired) electrons. The van der Waals surface area contributed by atoms with Crippen LogP contribution in [-0.2, 0) is 11.3 Å². The van der Waals surface area contributed by atoms with Crippen molar-refractivity contribution >= 4 is 11.9 Å². The summed E-state index contributed by atoms with van der Waals surface area (Å²) in [5, 5.41) is 14.3. The van der Waals surface area contributed by atoms with Gasteiger partial charge in [-0.1, -0.05) is 18.2 Å². The first-order valence-corrected chi connectivity index (χ1v) is 5.11. The number of rotatable bonds is 4. The molecule has 1 unspecified atom stereocenters. The molecule has 0 heterocycles. The highest BCUT2D eigenvalue weighted by Crippen LogP contribution is 2.14. The second-order valence-corrected chi connectivity index (χ2v) is 3.58. The van der Waals surface area contributed by atoms with E-state index < -0.39 is 18.0 Å². The molecule has 0 aliphatic carbocycles. The third-order valence-corrected chi connectivity index (χ3v) is 2.23. The molecule has 92 valence electrons. The zero-order valence-electron chi connectivity index (χ0n) is 9.43. The van der Waals surface area contributed by atoms with Crippen LogP contribution in [0, 0.1) is 0 Å². The van der Waals surface area contributed by atoms with Crippen molar-refractivity contribution in [1.29, 1.82) is 0 Å². The van der Waals surface area contributed by atoms with Gasteiger partial charge in [0.05, 0.1) is 6.04 Å². The summed E-state index contributed by atoms with van der Waals surface area (Å²) in [4.78, 5) is 21.8. The molecule has 1 rings (SSSR count). The zero-order chi connectivity index (χ0) is 12.8. The Morgan fingerprint density at radius 2 is 2.06 bits per heavy atom. The number of hydrogen-bond acceptors (Lipinski definition) is 4. The monoisotopic (exact) mass is 237 g/mol. The number of amides is 3. The maximum absolute atomic E-state index is 11.3. The van der Waals surface area contributed by atoms with Gasteiger partial charge in [-0.3, -0.25) is 10.1 Å². The van der Waals surface area contributed by atoms with E-state index >= 15 is 0 Å². The van der Waals surface area contributed by atoms with Crippen molar-refractivity contribution in [3.05, 3.63) is 29.8 Å². The summed E-state index contributed by atoms with van der Waals surface area (Å²) in [6, 6.07) is 5.33. The van der Waals surface area contributed by atoms with Crippen molar-refractivity contribution in [1.82, 2.24) is 10.6 Å². The summed E-state index contributed by atoms with van der Waals surface area (Å²) in [5.74, 6) is -0.351. The molecule has 0 aliphatic rings. The van der Waals surface area contributed by atoms with E-state index in [4.69, 9.17) is 5.73 Å². The van der Waals surface area contributed by atoms with Crippen LogP contribution in [0.4, 0.5) is 4.79 Å². The number of benzene rings is 1. The normalized spacial score (nSPS) is 11.8. The molecule has 1 atom stereocenters. The summed E-state index contributed by atoms with van der Waals surface area (Å²) < 4.78 is 0. The smallest absolute Gasteiger partial charge is 0.318 e. The van der Waals surface area contributed by atoms with Crippen molar-refractivity contribution in [2.45, 2.75) is 19.5 Å². The lowest BCUT2D eigenvalue weighted by atomic mass is 10.2. The number of para-hydroxylation sites is 1. The van der Waals surface area contributed by atoms with E-state index in [2.05, 4.69) is 5.32 Å². The Labute approximate surface area is 98.8 Å². The van der Waals surface area contributed by atoms with Crippen molar-refractivity contribution in [3.63, 3.8) is 0 Å². The highest BCUT2D eigenvalue weighted by Gasteiger charge is 2.13. The number of imide groups is 1. The predicted molar refractivity (Wildman–Crippen MR) is 62.1 cm³/mol. The summed E-state index contributed by atoms with van der Waals surface area (Å²) in [5.41, 5.74) is 5.50. The first kappa shape index (κ1) is 13.0. The Morgan fingerprint density at radius 1 is 1.41 bits per heavy atom. The fraction of sp³-hybridized carbons (Fsp3) is 0.273. The van der Waals surface area contributed by atoms with Gasteiger partial charge in [0.15, 0.2) is 0 Å². The van der Waals surface area contributed by atoms with Crippen molar-refractivity contribution < 1.29 is 14.7 Å². The van der Waals surface area contributed by atoms with Gasteiger partial charge in [-0.2, -0.15) is 0 Å². The minimum absolute atomic E-state index is 0.155. The molecule has 5 N–H and O–H groups in total. The second kappa shape index (κ2) is 5.86. The van der Waals surface area contributed by atoms with Gasteiger partial charge < -0.3 is 16.2 Å². The molecule has 0 spiro atoms. The second-order valence-electron chi connectivity index (χ2n) is 3.58. The summed E-state index contributed by atoms with van der Waals surface area (Å²) in [6.45, 7) is 1.91. The molecule has 0 saturated heterocycles. The van der Waals surface area contributed by atoms with E-state index in [1.54, 1.807) is 31.2 Å². The van der Waals surface area contributed by atoms with Crippen molar-refractivity contribution in [3.8, 4) is 5.75 Å². The SMILES string of the molecule is CC(NCc1ccccc1O)C(=O)NC(N)=O. The van der Waals surface area contributed by atoms with Crippen LogP contribution in [0.1, 0.15) is 12.5 Å². The molecule has 1 aromatic rings. The van der Waals surface area contributed by atoms with Crippen LogP contribution in [0.25, 0.3) is 0 Å². The maximum atomic E-state index is 11.3. The maximum Gasteiger partial charge on any atom is 0.318 e. The van der Waals surface area contributed by atoms with E-state index in [0.29, 0.717) is 12.1 Å². The van der Waals surface area contributed by atoms with Crippen molar-refractivity contribution in [2.24, 2.45) is 5.73 Å². The quantitative estimate of drug-likeness (QED) is 0.594. The third-order valence-electron chi connectivity index (χ3n) is 2.23. The van der Waals surface area contributed by atoms with Crippen molar-refractivity contribution in [2.75, 3.05) is 0 Å². The Morgan fingerprint density at radius 3 is 2.65 bits per heavy atom. The van der Waals surface area contributed by atoms with Gasteiger partial charge >= 0.3 is 6.03 Å². The van der Waals surface area contributed by atoms with E-state index in [9.17, 15) is 14.7 Å². The Bertz CT molecular complexity index is 420. The van der Waals surface area contributed by atoms with Crippen LogP contribution in [0.3, 0.4) is 0 Å². The molecule has 17 heavy (non-hydrogen) atoms. The number of carbonyl (C=O) groups excluding carboxylic acids is 2. The number of urea groups is 1. The molecule has 0 aromatic heterocycles. The lowest BCUT2D eigenvalue weighted by molar-refractivity contribution is -0.121. The Hall–Kier alpha value is -2.08. The topological polar surface area (TPSA) is 104 Å². The average Bonchev–Trinajstić information content (AvgIpc) is 2.26. The largest absolute Gasteiger partial charge is 0.508 e. The summed E-state index contributed by atoms with van der Waals surface area (Å²) in [7, 11) is 0. The number of aromatic hydroxyl groups is 1. The molecule has 3 amide bonds. The van der Waals surface area contributed by atoms with E-state index in [-0.39, 0.29) is 5.75 Å². The predicted octanol–water partition coefficient (Wildman–Crippen LogP) is 0.0652. The standard InChI is InChI=1S/C11H15N3O3/c1-7(10(16)14-11(12)17)13-6-8-4-2-3-5-9(8)15/h2-5,7,13,15H,6H2,1H3,(H3,12,14,16,17). The summed E-state index contributed by atoms with van der Waals surface area (Å²) >= 11 is 0. The number of carbonyl (C=O) groups is 2. The fourth-order valence-electron chi connectivity index (χ4n) is 1.25. The molecule has 6 heteroatoms. The molecule has 6 nitrogen and oxygen atoms in total. The Kier molecular flexibility index (Phi) is 4.47. The molecule has 1 aromatic carbocycles. The number of nitrogens with two attached hydrogens (primary N) is 1.